The highest BCUT2D eigenvalue weighted by molar-refractivity contribution is 14.1. The zero-order chi connectivity index (χ0) is 10.0. The second-order valence-electron chi connectivity index (χ2n) is 2.22. The topological polar surface area (TPSA) is 12.9 Å². The molecule has 0 fully saturated rings. The molecule has 1 aromatic rings. The van der Waals surface area contributed by atoms with Gasteiger partial charge in [-0.3, -0.25) is 4.98 Å². The Morgan fingerprint density at radius 1 is 1.46 bits per heavy atom. The monoisotopic (exact) mass is 429 g/mol. The van der Waals surface area contributed by atoms with E-state index in [1.165, 1.54) is 6.20 Å². The van der Waals surface area contributed by atoms with Crippen molar-refractivity contribution in [2.75, 3.05) is 0 Å². The van der Waals surface area contributed by atoms with Crippen LogP contribution in [0.4, 0.5) is 8.78 Å². The lowest BCUT2D eigenvalue weighted by molar-refractivity contribution is 0.145. The number of nitrogens with zero attached hydrogens (tertiary/aromatic N) is 1. The van der Waals surface area contributed by atoms with Gasteiger partial charge in [0.25, 0.3) is 6.43 Å². The molecule has 0 atom stereocenters. The molecule has 1 nitrogen and oxygen atoms in total. The molecular weight excluding hydrogens is 425 g/mol. The molecule has 1 aromatic heterocycles. The molecule has 0 aromatic carbocycles. The maximum absolute atomic E-state index is 12.4. The van der Waals surface area contributed by atoms with Gasteiger partial charge >= 0.3 is 0 Å². The van der Waals surface area contributed by atoms with Crippen LogP contribution in [-0.4, -0.2) is 4.98 Å². The largest absolute Gasteiger partial charge is 0.281 e. The van der Waals surface area contributed by atoms with E-state index in [1.54, 1.807) is 0 Å². The average molecular weight is 429 g/mol. The van der Waals surface area contributed by atoms with Crippen molar-refractivity contribution in [3.05, 3.63) is 24.6 Å². The minimum atomic E-state index is -2.54. The second kappa shape index (κ2) is 5.01. The van der Waals surface area contributed by atoms with E-state index in [2.05, 4.69) is 4.98 Å². The minimum absolute atomic E-state index is 0.184. The summed E-state index contributed by atoms with van der Waals surface area (Å²) in [6.07, 6.45) is -1.12. The van der Waals surface area contributed by atoms with Gasteiger partial charge in [-0.15, -0.1) is 11.6 Å². The van der Waals surface area contributed by atoms with Crippen molar-refractivity contribution < 1.29 is 8.78 Å². The van der Waals surface area contributed by atoms with Gasteiger partial charge in [-0.2, -0.15) is 0 Å². The highest BCUT2D eigenvalue weighted by atomic mass is 127. The van der Waals surface area contributed by atoms with Crippen molar-refractivity contribution >= 4 is 56.8 Å². The van der Waals surface area contributed by atoms with Gasteiger partial charge in [-0.25, -0.2) is 8.78 Å². The summed E-state index contributed by atoms with van der Waals surface area (Å²) >= 11 is 9.51. The molecule has 0 aliphatic rings. The van der Waals surface area contributed by atoms with Gasteiger partial charge in [-0.05, 0) is 50.7 Å². The maximum Gasteiger partial charge on any atom is 0.281 e. The summed E-state index contributed by atoms with van der Waals surface area (Å²) in [6, 6.07) is 0. The summed E-state index contributed by atoms with van der Waals surface area (Å²) in [6.45, 7) is 0. The van der Waals surface area contributed by atoms with Gasteiger partial charge in [-0.1, -0.05) is 0 Å². The number of hydrogen-bond acceptors (Lipinski definition) is 1. The van der Waals surface area contributed by atoms with Crippen LogP contribution in [-0.2, 0) is 5.88 Å². The summed E-state index contributed by atoms with van der Waals surface area (Å²) < 4.78 is 26.0. The molecule has 1 heterocycles. The van der Waals surface area contributed by atoms with E-state index >= 15 is 0 Å². The predicted octanol–water partition coefficient (Wildman–Crippen LogP) is 3.97. The van der Waals surface area contributed by atoms with E-state index < -0.39 is 6.43 Å². The van der Waals surface area contributed by atoms with Crippen LogP contribution in [0.15, 0.2) is 6.20 Å². The molecule has 0 bridgehead atoms. The van der Waals surface area contributed by atoms with Gasteiger partial charge in [0.15, 0.2) is 0 Å². The standard InChI is InChI=1S/C7H4ClF2I2N/c8-1-3-4(11)2-13-6(5(3)12)7(9)10/h2,7H,1H2. The number of rotatable bonds is 2. The van der Waals surface area contributed by atoms with Crippen LogP contribution in [0.1, 0.15) is 17.7 Å². The Kier molecular flexibility index (Phi) is 4.56. The van der Waals surface area contributed by atoms with E-state index in [4.69, 9.17) is 11.6 Å². The summed E-state index contributed by atoms with van der Waals surface area (Å²) in [5.74, 6) is 0.235. The number of aromatic nitrogens is 1. The van der Waals surface area contributed by atoms with Crippen molar-refractivity contribution in [2.45, 2.75) is 12.3 Å². The smallest absolute Gasteiger partial charge is 0.253 e. The molecule has 1 rings (SSSR count). The molecule has 0 saturated heterocycles. The molecule has 0 amide bonds. The van der Waals surface area contributed by atoms with E-state index in [1.807, 2.05) is 45.2 Å². The highest BCUT2D eigenvalue weighted by Gasteiger charge is 2.17. The fourth-order valence-electron chi connectivity index (χ4n) is 0.795. The first-order valence-electron chi connectivity index (χ1n) is 3.24. The normalized spacial score (nSPS) is 10.9. The van der Waals surface area contributed by atoms with Gasteiger partial charge in [0.2, 0.25) is 0 Å². The van der Waals surface area contributed by atoms with Gasteiger partial charge in [0.1, 0.15) is 5.69 Å². The molecular formula is C7H4ClF2I2N. The number of halogens is 5. The van der Waals surface area contributed by atoms with Crippen molar-refractivity contribution in [2.24, 2.45) is 0 Å². The maximum atomic E-state index is 12.4. The van der Waals surface area contributed by atoms with E-state index in [0.29, 0.717) is 3.57 Å². The first kappa shape index (κ1) is 11.8. The molecule has 0 aliphatic carbocycles. The van der Waals surface area contributed by atoms with Gasteiger partial charge in [0.05, 0.1) is 0 Å². The van der Waals surface area contributed by atoms with Crippen LogP contribution in [0.3, 0.4) is 0 Å². The fourth-order valence-corrected chi connectivity index (χ4v) is 3.49. The SMILES string of the molecule is FC(F)c1ncc(I)c(CCl)c1I. The molecule has 72 valence electrons. The summed E-state index contributed by atoms with van der Waals surface area (Å²) in [5.41, 5.74) is 0.546. The molecule has 0 spiro atoms. The lowest BCUT2D eigenvalue weighted by atomic mass is 10.2. The Hall–Kier alpha value is 0.760. The van der Waals surface area contributed by atoms with Crippen LogP contribution in [0, 0.1) is 7.14 Å². The fraction of sp³-hybridized carbons (Fsp3) is 0.286. The quantitative estimate of drug-likeness (QED) is 0.512. The Morgan fingerprint density at radius 3 is 2.54 bits per heavy atom. The number of hydrogen-bond donors (Lipinski definition) is 0. The summed E-state index contributed by atoms with van der Waals surface area (Å²) in [5, 5.41) is 0. The molecule has 0 unspecified atom stereocenters. The van der Waals surface area contributed by atoms with Crippen molar-refractivity contribution in [1.29, 1.82) is 0 Å². The first-order chi connectivity index (χ1) is 6.07. The molecule has 0 saturated carbocycles. The molecule has 0 aliphatic heterocycles. The Bertz CT molecular complexity index is 320. The van der Waals surface area contributed by atoms with E-state index in [9.17, 15) is 8.78 Å². The molecule has 6 heteroatoms. The lowest BCUT2D eigenvalue weighted by Crippen LogP contribution is -2.00. The van der Waals surface area contributed by atoms with Crippen molar-refractivity contribution in [3.8, 4) is 0 Å². The Morgan fingerprint density at radius 2 is 2.08 bits per heavy atom. The highest BCUT2D eigenvalue weighted by Crippen LogP contribution is 2.28. The number of alkyl halides is 3. The lowest BCUT2D eigenvalue weighted by Gasteiger charge is -2.07. The van der Waals surface area contributed by atoms with Crippen LogP contribution < -0.4 is 0 Å². The van der Waals surface area contributed by atoms with Crippen molar-refractivity contribution in [3.63, 3.8) is 0 Å². The third-order valence-corrected chi connectivity index (χ3v) is 3.84. The third-order valence-electron chi connectivity index (χ3n) is 1.44. The molecule has 13 heavy (non-hydrogen) atoms. The second-order valence-corrected chi connectivity index (χ2v) is 4.73. The average Bonchev–Trinajstić information content (AvgIpc) is 2.04. The van der Waals surface area contributed by atoms with Gasteiger partial charge < -0.3 is 0 Å². The minimum Gasteiger partial charge on any atom is -0.253 e. The number of pyridine rings is 1. The predicted molar refractivity (Wildman–Crippen MR) is 64.2 cm³/mol. The van der Waals surface area contributed by atoms with Crippen LogP contribution in [0.25, 0.3) is 0 Å². The third kappa shape index (κ3) is 2.62. The van der Waals surface area contributed by atoms with Gasteiger partial charge in [0, 0.05) is 19.2 Å². The van der Waals surface area contributed by atoms with Crippen LogP contribution in [0.2, 0.25) is 0 Å². The van der Waals surface area contributed by atoms with Crippen LogP contribution >= 0.6 is 56.8 Å². The Labute approximate surface area is 107 Å². The van der Waals surface area contributed by atoms with Crippen molar-refractivity contribution in [1.82, 2.24) is 4.98 Å². The molecule has 0 N–H and O–H groups in total. The zero-order valence-electron chi connectivity index (χ0n) is 6.20. The van der Waals surface area contributed by atoms with E-state index in [-0.39, 0.29) is 11.6 Å². The van der Waals surface area contributed by atoms with E-state index in [0.717, 1.165) is 9.13 Å². The van der Waals surface area contributed by atoms with Crippen LogP contribution in [0.5, 0.6) is 0 Å². The molecule has 0 radical (unpaired) electrons. The first-order valence-corrected chi connectivity index (χ1v) is 5.94. The summed E-state index contributed by atoms with van der Waals surface area (Å²) in [4.78, 5) is 3.66. The summed E-state index contributed by atoms with van der Waals surface area (Å²) in [7, 11) is 0. The zero-order valence-corrected chi connectivity index (χ0v) is 11.3. The Balaban J connectivity index is 3.27.